The quantitative estimate of drug-likeness (QED) is 0.581. The molecule has 1 aliphatic rings. The Labute approximate surface area is 164 Å². The number of esters is 1. The number of aromatic nitrogens is 2. The van der Waals surface area contributed by atoms with Crippen molar-refractivity contribution >= 4 is 29.5 Å². The molecule has 3 rings (SSSR count). The van der Waals surface area contributed by atoms with Crippen LogP contribution < -0.4 is 5.32 Å². The Balaban J connectivity index is 1.48. The zero-order chi connectivity index (χ0) is 19.1. The molecule has 142 valence electrons. The number of nitrogens with zero attached hydrogens (tertiary/aromatic N) is 3. The van der Waals surface area contributed by atoms with Gasteiger partial charge in [-0.3, -0.25) is 9.88 Å². The summed E-state index contributed by atoms with van der Waals surface area (Å²) in [6.07, 6.45) is 7.33. The highest BCUT2D eigenvalue weighted by Gasteiger charge is 2.22. The summed E-state index contributed by atoms with van der Waals surface area (Å²) >= 11 is 5.94. The molecule has 0 spiro atoms. The van der Waals surface area contributed by atoms with Crippen LogP contribution in [0.25, 0.3) is 6.08 Å². The number of nitrogens with one attached hydrogen (secondary N) is 1. The third kappa shape index (κ3) is 6.05. The van der Waals surface area contributed by atoms with Gasteiger partial charge in [0.1, 0.15) is 5.82 Å². The average Bonchev–Trinajstić information content (AvgIpc) is 3.10. The number of anilines is 1. The van der Waals surface area contributed by atoms with Crippen LogP contribution in [0.15, 0.2) is 42.7 Å². The molecule has 0 amide bonds. The molecule has 1 atom stereocenters. The molecule has 6 nitrogen and oxygen atoms in total. The van der Waals surface area contributed by atoms with E-state index in [-0.39, 0.29) is 5.97 Å². The molecule has 0 aliphatic carbocycles. The molecule has 1 aliphatic heterocycles. The average molecular weight is 387 g/mol. The van der Waals surface area contributed by atoms with Crippen LogP contribution in [0.2, 0.25) is 5.02 Å². The molecule has 1 saturated heterocycles. The predicted molar refractivity (Wildman–Crippen MR) is 106 cm³/mol. The zero-order valence-corrected chi connectivity index (χ0v) is 16.0. The Kier molecular flexibility index (Phi) is 6.79. The number of likely N-dealkylation sites (tertiary alicyclic amines) is 1. The van der Waals surface area contributed by atoms with Crippen LogP contribution in [-0.4, -0.2) is 46.6 Å². The molecule has 1 fully saturated rings. The van der Waals surface area contributed by atoms with Gasteiger partial charge in [-0.25, -0.2) is 9.78 Å². The van der Waals surface area contributed by atoms with Crippen LogP contribution in [0.3, 0.4) is 0 Å². The van der Waals surface area contributed by atoms with Crippen molar-refractivity contribution in [2.24, 2.45) is 0 Å². The molecule has 7 heteroatoms. The molecule has 1 N–H and O–H groups in total. The molecule has 0 unspecified atom stereocenters. The number of carbonyl (C=O) groups excluding carboxylic acids is 1. The summed E-state index contributed by atoms with van der Waals surface area (Å²) in [4.78, 5) is 22.4. The van der Waals surface area contributed by atoms with E-state index in [4.69, 9.17) is 16.3 Å². The van der Waals surface area contributed by atoms with Gasteiger partial charge in [-0.2, -0.15) is 0 Å². The summed E-state index contributed by atoms with van der Waals surface area (Å²) in [6.45, 7) is 5.03. The Morgan fingerprint density at radius 3 is 2.85 bits per heavy atom. The molecule has 2 aromatic rings. The number of halogens is 1. The molecule has 2 heterocycles. The first-order valence-corrected chi connectivity index (χ1v) is 9.40. The number of ether oxygens (including phenoxy) is 1. The maximum Gasteiger partial charge on any atom is 0.330 e. The summed E-state index contributed by atoms with van der Waals surface area (Å²) < 4.78 is 4.84. The lowest BCUT2D eigenvalue weighted by Gasteiger charge is -2.17. The largest absolute Gasteiger partial charge is 0.463 e. The first-order chi connectivity index (χ1) is 13.1. The number of rotatable bonds is 7. The summed E-state index contributed by atoms with van der Waals surface area (Å²) in [5, 5.41) is 4.19. The van der Waals surface area contributed by atoms with Gasteiger partial charge in [0, 0.05) is 36.8 Å². The summed E-state index contributed by atoms with van der Waals surface area (Å²) in [5.74, 6) is 0.356. The van der Waals surface area contributed by atoms with Crippen LogP contribution in [-0.2, 0) is 16.1 Å². The summed E-state index contributed by atoms with van der Waals surface area (Å²) in [6, 6.07) is 8.33. The third-order valence-electron chi connectivity index (χ3n) is 4.29. The van der Waals surface area contributed by atoms with E-state index in [0.717, 1.165) is 36.9 Å². The second kappa shape index (κ2) is 9.48. The first kappa shape index (κ1) is 19.3. The SMILES string of the molecule is CCOC(=O)C=Cc1cnc(N[C@@H]2CCN(Cc3ccc(Cl)cc3)C2)cn1. The first-order valence-electron chi connectivity index (χ1n) is 9.02. The fourth-order valence-electron chi connectivity index (χ4n) is 2.99. The van der Waals surface area contributed by atoms with Crippen molar-refractivity contribution in [1.29, 1.82) is 0 Å². The Morgan fingerprint density at radius 2 is 2.15 bits per heavy atom. The van der Waals surface area contributed by atoms with E-state index in [1.807, 2.05) is 12.1 Å². The molecule has 1 aromatic carbocycles. The van der Waals surface area contributed by atoms with Crippen molar-refractivity contribution in [3.8, 4) is 0 Å². The van der Waals surface area contributed by atoms with Gasteiger partial charge >= 0.3 is 5.97 Å². The maximum atomic E-state index is 11.3. The van der Waals surface area contributed by atoms with E-state index in [1.54, 1.807) is 25.4 Å². The molecule has 0 saturated carbocycles. The van der Waals surface area contributed by atoms with Gasteiger partial charge in [-0.05, 0) is 37.1 Å². The smallest absolute Gasteiger partial charge is 0.330 e. The van der Waals surface area contributed by atoms with Crippen LogP contribution in [0.4, 0.5) is 5.82 Å². The van der Waals surface area contributed by atoms with Crippen LogP contribution in [0.5, 0.6) is 0 Å². The van der Waals surface area contributed by atoms with Gasteiger partial charge in [-0.15, -0.1) is 0 Å². The summed E-state index contributed by atoms with van der Waals surface area (Å²) in [7, 11) is 0. The van der Waals surface area contributed by atoms with Crippen molar-refractivity contribution in [2.75, 3.05) is 25.0 Å². The number of hydrogen-bond acceptors (Lipinski definition) is 6. The lowest BCUT2D eigenvalue weighted by molar-refractivity contribution is -0.137. The minimum Gasteiger partial charge on any atom is -0.463 e. The molecule has 27 heavy (non-hydrogen) atoms. The molecular weight excluding hydrogens is 364 g/mol. The topological polar surface area (TPSA) is 67.3 Å². The van der Waals surface area contributed by atoms with Crippen molar-refractivity contribution in [1.82, 2.24) is 14.9 Å². The second-order valence-electron chi connectivity index (χ2n) is 6.40. The minimum absolute atomic E-state index is 0.340. The lowest BCUT2D eigenvalue weighted by atomic mass is 10.2. The molecule has 0 radical (unpaired) electrons. The fraction of sp³-hybridized carbons (Fsp3) is 0.350. The van der Waals surface area contributed by atoms with Gasteiger partial charge < -0.3 is 10.1 Å². The fourth-order valence-corrected chi connectivity index (χ4v) is 3.12. The highest BCUT2D eigenvalue weighted by atomic mass is 35.5. The van der Waals surface area contributed by atoms with Crippen molar-refractivity contribution in [3.05, 3.63) is 59.0 Å². The minimum atomic E-state index is -0.381. The van der Waals surface area contributed by atoms with Crippen molar-refractivity contribution < 1.29 is 9.53 Å². The molecular formula is C20H23ClN4O2. The Hall–Kier alpha value is -2.44. The normalized spacial score (nSPS) is 17.3. The molecule has 1 aromatic heterocycles. The van der Waals surface area contributed by atoms with E-state index < -0.39 is 0 Å². The summed E-state index contributed by atoms with van der Waals surface area (Å²) in [5.41, 5.74) is 1.88. The maximum absolute atomic E-state index is 11.3. The Morgan fingerprint density at radius 1 is 1.33 bits per heavy atom. The van der Waals surface area contributed by atoms with Gasteiger partial charge in [0.05, 0.1) is 24.7 Å². The third-order valence-corrected chi connectivity index (χ3v) is 4.54. The highest BCUT2D eigenvalue weighted by Crippen LogP contribution is 2.18. The van der Waals surface area contributed by atoms with E-state index in [9.17, 15) is 4.79 Å². The van der Waals surface area contributed by atoms with Gasteiger partial charge in [0.2, 0.25) is 0 Å². The van der Waals surface area contributed by atoms with E-state index in [0.29, 0.717) is 18.3 Å². The molecule has 0 bridgehead atoms. The van der Waals surface area contributed by atoms with E-state index >= 15 is 0 Å². The van der Waals surface area contributed by atoms with Gasteiger partial charge in [0.15, 0.2) is 0 Å². The van der Waals surface area contributed by atoms with E-state index in [2.05, 4.69) is 32.3 Å². The number of hydrogen-bond donors (Lipinski definition) is 1. The van der Waals surface area contributed by atoms with Gasteiger partial charge in [0.25, 0.3) is 0 Å². The second-order valence-corrected chi connectivity index (χ2v) is 6.84. The predicted octanol–water partition coefficient (Wildman–Crippen LogP) is 3.39. The van der Waals surface area contributed by atoms with Gasteiger partial charge in [-0.1, -0.05) is 23.7 Å². The van der Waals surface area contributed by atoms with E-state index in [1.165, 1.54) is 11.6 Å². The van der Waals surface area contributed by atoms with Crippen LogP contribution >= 0.6 is 11.6 Å². The van der Waals surface area contributed by atoms with Crippen molar-refractivity contribution in [2.45, 2.75) is 25.9 Å². The monoisotopic (exact) mass is 386 g/mol. The number of benzene rings is 1. The van der Waals surface area contributed by atoms with Crippen molar-refractivity contribution in [3.63, 3.8) is 0 Å². The Bertz CT molecular complexity index is 778. The number of carbonyl (C=O) groups is 1. The highest BCUT2D eigenvalue weighted by molar-refractivity contribution is 6.30. The standard InChI is InChI=1S/C20H23ClN4O2/c1-2-27-20(26)8-7-17-11-23-19(12-22-17)24-18-9-10-25(14-18)13-15-3-5-16(21)6-4-15/h3-8,11-12,18H,2,9-10,13-14H2,1H3,(H,23,24)/t18-/m1/s1. The van der Waals surface area contributed by atoms with Crippen LogP contribution in [0, 0.1) is 0 Å². The zero-order valence-electron chi connectivity index (χ0n) is 15.3. The lowest BCUT2D eigenvalue weighted by Crippen LogP contribution is -2.26. The van der Waals surface area contributed by atoms with Crippen LogP contribution in [0.1, 0.15) is 24.6 Å².